The quantitative estimate of drug-likeness (QED) is 0.824. The molecular formula is C11H9ClFNO4. The van der Waals surface area contributed by atoms with E-state index >= 15 is 0 Å². The Morgan fingerprint density at radius 3 is 2.94 bits per heavy atom. The number of nitrogens with one attached hydrogen (secondary N) is 1. The zero-order chi connectivity index (χ0) is 13.3. The van der Waals surface area contributed by atoms with Crippen molar-refractivity contribution in [2.75, 3.05) is 6.61 Å². The summed E-state index contributed by atoms with van der Waals surface area (Å²) in [7, 11) is 0. The van der Waals surface area contributed by atoms with Crippen LogP contribution in [0.2, 0.25) is 5.02 Å². The molecule has 18 heavy (non-hydrogen) atoms. The summed E-state index contributed by atoms with van der Waals surface area (Å²) in [5.74, 6) is -1.28. The van der Waals surface area contributed by atoms with Crippen LogP contribution in [-0.2, 0) is 4.74 Å². The highest BCUT2D eigenvalue weighted by Gasteiger charge is 2.17. The normalized spacial score (nSPS) is 10.6. The number of aromatic nitrogens is 1. The van der Waals surface area contributed by atoms with Crippen molar-refractivity contribution in [3.8, 4) is 11.6 Å². The third-order valence-corrected chi connectivity index (χ3v) is 2.52. The smallest absolute Gasteiger partial charge is 0.503 e. The molecule has 0 bridgehead atoms. The Hall–Kier alpha value is -1.95. The van der Waals surface area contributed by atoms with E-state index in [2.05, 4.69) is 9.72 Å². The molecule has 0 atom stereocenters. The number of rotatable bonds is 2. The van der Waals surface area contributed by atoms with Crippen molar-refractivity contribution in [1.29, 1.82) is 0 Å². The van der Waals surface area contributed by atoms with Crippen LogP contribution in [0.1, 0.15) is 6.92 Å². The number of benzene rings is 1. The standard InChI is InChI=1S/C11H9ClFNO4/c1-2-17-11(16)18-10-9(15)5-3-7(13)6(12)4-8(5)14-10/h3-4,14-15H,2H2,1H3. The topological polar surface area (TPSA) is 71.5 Å². The van der Waals surface area contributed by atoms with Gasteiger partial charge < -0.3 is 19.6 Å². The van der Waals surface area contributed by atoms with Crippen molar-refractivity contribution >= 4 is 28.7 Å². The summed E-state index contributed by atoms with van der Waals surface area (Å²) in [6.45, 7) is 1.75. The highest BCUT2D eigenvalue weighted by atomic mass is 35.5. The molecule has 96 valence electrons. The van der Waals surface area contributed by atoms with E-state index in [0.29, 0.717) is 5.52 Å². The highest BCUT2D eigenvalue weighted by molar-refractivity contribution is 6.31. The molecule has 2 rings (SSSR count). The van der Waals surface area contributed by atoms with Crippen LogP contribution in [0.25, 0.3) is 10.9 Å². The highest BCUT2D eigenvalue weighted by Crippen LogP contribution is 2.36. The Labute approximate surface area is 106 Å². The van der Waals surface area contributed by atoms with Gasteiger partial charge in [0.2, 0.25) is 5.88 Å². The van der Waals surface area contributed by atoms with Crippen LogP contribution in [0, 0.1) is 5.82 Å². The summed E-state index contributed by atoms with van der Waals surface area (Å²) in [5.41, 5.74) is 0.346. The molecular weight excluding hydrogens is 265 g/mol. The summed E-state index contributed by atoms with van der Waals surface area (Å²) in [6.07, 6.45) is -0.967. The molecule has 0 amide bonds. The second-order valence-electron chi connectivity index (χ2n) is 3.40. The van der Waals surface area contributed by atoms with Gasteiger partial charge in [0.25, 0.3) is 0 Å². The molecule has 0 fully saturated rings. The van der Waals surface area contributed by atoms with Gasteiger partial charge in [0, 0.05) is 5.39 Å². The summed E-state index contributed by atoms with van der Waals surface area (Å²) in [6, 6.07) is 2.32. The van der Waals surface area contributed by atoms with E-state index in [0.717, 1.165) is 6.07 Å². The fraction of sp³-hybridized carbons (Fsp3) is 0.182. The Kier molecular flexibility index (Phi) is 3.29. The second-order valence-corrected chi connectivity index (χ2v) is 3.81. The Bertz CT molecular complexity index is 611. The van der Waals surface area contributed by atoms with Crippen molar-refractivity contribution in [3.63, 3.8) is 0 Å². The van der Waals surface area contributed by atoms with E-state index in [1.54, 1.807) is 6.92 Å². The molecule has 1 aromatic carbocycles. The molecule has 0 radical (unpaired) electrons. The minimum absolute atomic E-state index is 0.105. The molecule has 0 unspecified atom stereocenters. The molecule has 0 aliphatic heterocycles. The number of carbonyl (C=O) groups excluding carboxylic acids is 1. The summed E-state index contributed by atoms with van der Waals surface area (Å²) in [5, 5.41) is 9.81. The van der Waals surface area contributed by atoms with Gasteiger partial charge in [-0.15, -0.1) is 0 Å². The predicted octanol–water partition coefficient (Wildman–Crippen LogP) is 3.20. The monoisotopic (exact) mass is 273 g/mol. The van der Waals surface area contributed by atoms with Crippen molar-refractivity contribution in [2.24, 2.45) is 0 Å². The molecule has 2 N–H and O–H groups in total. The van der Waals surface area contributed by atoms with Crippen molar-refractivity contribution < 1.29 is 23.8 Å². The van der Waals surface area contributed by atoms with Crippen LogP contribution >= 0.6 is 11.6 Å². The Morgan fingerprint density at radius 1 is 1.56 bits per heavy atom. The second kappa shape index (κ2) is 4.73. The predicted molar refractivity (Wildman–Crippen MR) is 62.6 cm³/mol. The van der Waals surface area contributed by atoms with E-state index in [1.807, 2.05) is 0 Å². The lowest BCUT2D eigenvalue weighted by atomic mass is 10.2. The molecule has 5 nitrogen and oxygen atoms in total. The number of fused-ring (bicyclic) bond motifs is 1. The number of aromatic amines is 1. The van der Waals surface area contributed by atoms with Gasteiger partial charge in [-0.3, -0.25) is 0 Å². The minimum atomic E-state index is -0.967. The van der Waals surface area contributed by atoms with Gasteiger partial charge in [-0.25, -0.2) is 9.18 Å². The van der Waals surface area contributed by atoms with Gasteiger partial charge in [0.1, 0.15) is 5.82 Å². The molecule has 0 saturated heterocycles. The molecule has 7 heteroatoms. The number of H-pyrrole nitrogens is 1. The number of ether oxygens (including phenoxy) is 2. The average Bonchev–Trinajstić information content (AvgIpc) is 2.58. The van der Waals surface area contributed by atoms with E-state index < -0.39 is 12.0 Å². The fourth-order valence-corrected chi connectivity index (χ4v) is 1.62. The van der Waals surface area contributed by atoms with Gasteiger partial charge in [0.05, 0.1) is 17.1 Å². The van der Waals surface area contributed by atoms with Gasteiger partial charge in [-0.05, 0) is 19.1 Å². The lowest BCUT2D eigenvalue weighted by Gasteiger charge is -2.01. The minimum Gasteiger partial charge on any atom is -0.503 e. The van der Waals surface area contributed by atoms with Crippen LogP contribution in [0.15, 0.2) is 12.1 Å². The maximum absolute atomic E-state index is 13.2. The summed E-state index contributed by atoms with van der Waals surface area (Å²) < 4.78 is 22.5. The number of carbonyl (C=O) groups is 1. The third-order valence-electron chi connectivity index (χ3n) is 2.23. The Morgan fingerprint density at radius 2 is 2.28 bits per heavy atom. The third kappa shape index (κ3) is 2.19. The first-order valence-corrected chi connectivity index (χ1v) is 5.45. The van der Waals surface area contributed by atoms with Gasteiger partial charge in [-0.2, -0.15) is 0 Å². The SMILES string of the molecule is CCOC(=O)Oc1[nH]c2cc(Cl)c(F)cc2c1O. The van der Waals surface area contributed by atoms with Gasteiger partial charge in [0.15, 0.2) is 5.75 Å². The van der Waals surface area contributed by atoms with Crippen molar-refractivity contribution in [2.45, 2.75) is 6.92 Å². The summed E-state index contributed by atoms with van der Waals surface area (Å²) >= 11 is 5.60. The number of halogens is 2. The molecule has 0 aliphatic rings. The van der Waals surface area contributed by atoms with Crippen LogP contribution in [0.3, 0.4) is 0 Å². The first-order valence-electron chi connectivity index (χ1n) is 5.07. The van der Waals surface area contributed by atoms with Crippen molar-refractivity contribution in [3.05, 3.63) is 23.0 Å². The first kappa shape index (κ1) is 12.5. The molecule has 1 heterocycles. The number of hydrogen-bond acceptors (Lipinski definition) is 4. The van der Waals surface area contributed by atoms with E-state index in [9.17, 15) is 14.3 Å². The lowest BCUT2D eigenvalue weighted by molar-refractivity contribution is 0.102. The largest absolute Gasteiger partial charge is 0.515 e. The van der Waals surface area contributed by atoms with Crippen LogP contribution < -0.4 is 4.74 Å². The van der Waals surface area contributed by atoms with E-state index in [4.69, 9.17) is 16.3 Å². The first-order chi connectivity index (χ1) is 8.52. The molecule has 1 aromatic heterocycles. The van der Waals surface area contributed by atoms with E-state index in [1.165, 1.54) is 6.07 Å². The maximum atomic E-state index is 13.2. The zero-order valence-corrected chi connectivity index (χ0v) is 10.0. The van der Waals surface area contributed by atoms with Crippen LogP contribution in [-0.4, -0.2) is 22.9 Å². The molecule has 0 saturated carbocycles. The maximum Gasteiger partial charge on any atom is 0.515 e. The van der Waals surface area contributed by atoms with Crippen molar-refractivity contribution in [1.82, 2.24) is 4.98 Å². The molecule has 0 spiro atoms. The number of aromatic hydroxyl groups is 1. The summed E-state index contributed by atoms with van der Waals surface area (Å²) in [4.78, 5) is 13.7. The Balaban J connectivity index is 2.41. The number of hydrogen-bond donors (Lipinski definition) is 2. The van der Waals surface area contributed by atoms with Gasteiger partial charge in [-0.1, -0.05) is 11.6 Å². The molecule has 2 aromatic rings. The molecule has 0 aliphatic carbocycles. The lowest BCUT2D eigenvalue weighted by Crippen LogP contribution is -2.10. The fourth-order valence-electron chi connectivity index (χ4n) is 1.45. The van der Waals surface area contributed by atoms with Gasteiger partial charge >= 0.3 is 6.16 Å². The van der Waals surface area contributed by atoms with E-state index in [-0.39, 0.29) is 28.6 Å². The average molecular weight is 274 g/mol. The van der Waals surface area contributed by atoms with Crippen LogP contribution in [0.4, 0.5) is 9.18 Å². The van der Waals surface area contributed by atoms with Crippen LogP contribution in [0.5, 0.6) is 11.6 Å². The zero-order valence-electron chi connectivity index (χ0n) is 9.29.